The molecule has 5 rings (SSSR count). The van der Waals surface area contributed by atoms with Crippen LogP contribution >= 0.6 is 0 Å². The number of esters is 1. The maximum Gasteiger partial charge on any atom is 0.309 e. The van der Waals surface area contributed by atoms with E-state index in [1.165, 1.54) is 0 Å². The molecule has 2 saturated carbocycles. The number of epoxide rings is 1. The molecule has 1 spiro atoms. The van der Waals surface area contributed by atoms with Crippen LogP contribution in [0.15, 0.2) is 35.5 Å². The van der Waals surface area contributed by atoms with Crippen molar-refractivity contribution in [3.8, 4) is 0 Å². The monoisotopic (exact) mass is 538 g/mol. The molecule has 2 heterocycles. The zero-order valence-electron chi connectivity index (χ0n) is 24.3. The van der Waals surface area contributed by atoms with Crippen LogP contribution in [0.4, 0.5) is 0 Å². The molecular formula is C32H42O7. The van der Waals surface area contributed by atoms with Crippen LogP contribution in [0.3, 0.4) is 0 Å². The van der Waals surface area contributed by atoms with Crippen molar-refractivity contribution in [2.75, 3.05) is 0 Å². The largest absolute Gasteiger partial charge is 0.481 e. The molecule has 2 saturated heterocycles. The summed E-state index contributed by atoms with van der Waals surface area (Å²) >= 11 is 0. The van der Waals surface area contributed by atoms with Gasteiger partial charge >= 0.3 is 11.9 Å². The van der Waals surface area contributed by atoms with E-state index in [4.69, 9.17) is 9.47 Å². The minimum absolute atomic E-state index is 0.0281. The van der Waals surface area contributed by atoms with Crippen molar-refractivity contribution in [3.63, 3.8) is 0 Å². The van der Waals surface area contributed by atoms with Gasteiger partial charge in [-0.1, -0.05) is 45.4 Å². The van der Waals surface area contributed by atoms with Gasteiger partial charge in [-0.25, -0.2) is 0 Å². The topological polar surface area (TPSA) is 110 Å². The normalized spacial score (nSPS) is 46.5. The average molecular weight is 539 g/mol. The van der Waals surface area contributed by atoms with Gasteiger partial charge in [-0.2, -0.15) is 0 Å². The number of ether oxygens (including phenoxy) is 2. The fraction of sp³-hybridized carbons (Fsp3) is 0.688. The van der Waals surface area contributed by atoms with Crippen LogP contribution in [0.1, 0.15) is 80.6 Å². The number of hydrogen-bond acceptors (Lipinski definition) is 6. The molecule has 0 aromatic rings. The van der Waals surface area contributed by atoms with E-state index in [9.17, 15) is 24.3 Å². The van der Waals surface area contributed by atoms with Crippen molar-refractivity contribution in [3.05, 3.63) is 35.5 Å². The first-order chi connectivity index (χ1) is 18.1. The highest BCUT2D eigenvalue weighted by Crippen LogP contribution is 2.79. The third-order valence-corrected chi connectivity index (χ3v) is 11.7. The number of carboxylic acid groups (broad SMARTS) is 1. The van der Waals surface area contributed by atoms with Gasteiger partial charge in [0.1, 0.15) is 17.5 Å². The van der Waals surface area contributed by atoms with E-state index in [0.717, 1.165) is 16.7 Å². The minimum Gasteiger partial charge on any atom is -0.481 e. The van der Waals surface area contributed by atoms with Crippen LogP contribution in [0.2, 0.25) is 0 Å². The highest BCUT2D eigenvalue weighted by atomic mass is 16.6. The summed E-state index contributed by atoms with van der Waals surface area (Å²) in [5.41, 5.74) is -0.420. The smallest absolute Gasteiger partial charge is 0.309 e. The van der Waals surface area contributed by atoms with E-state index in [0.29, 0.717) is 25.7 Å². The van der Waals surface area contributed by atoms with Crippen LogP contribution in [0.5, 0.6) is 0 Å². The number of rotatable bonds is 7. The van der Waals surface area contributed by atoms with E-state index in [-0.39, 0.29) is 53.9 Å². The van der Waals surface area contributed by atoms with Gasteiger partial charge in [-0.05, 0) is 75.0 Å². The zero-order valence-corrected chi connectivity index (χ0v) is 24.3. The fourth-order valence-electron chi connectivity index (χ4n) is 9.42. The standard InChI is InChI=1S/C32H42O7/c1-16(2)21-14-26-32(39-26)24(29(21,6)10-9-27(35)36)15-25(34)30(7)22(13-23(19(5)33)31(30,32)8)17(3)11-20-12-18(4)28(37)38-20/h11,15,18,20-23,26H,1,9-10,12-14H2,2-8H3,(H,35,36)/b17-11-/t18-,20+,21+,22-,23-,26-,29+,30+,31-,32+/m1/s1. The first kappa shape index (κ1) is 28.0. The maximum absolute atomic E-state index is 14.5. The van der Waals surface area contributed by atoms with Crippen molar-refractivity contribution in [2.45, 2.75) is 98.4 Å². The number of carbonyl (C=O) groups is 4. The highest BCUT2D eigenvalue weighted by molar-refractivity contribution is 6.01. The van der Waals surface area contributed by atoms with E-state index in [1.54, 1.807) is 13.0 Å². The Hall–Kier alpha value is -2.54. The van der Waals surface area contributed by atoms with Crippen LogP contribution < -0.4 is 0 Å². The van der Waals surface area contributed by atoms with Gasteiger partial charge in [0.25, 0.3) is 0 Å². The SMILES string of the molecule is C=C(C)[C@@H]1C[C@H]2O[C@@]23C(=CC(=O)[C@]2(C)[C@@H](/C(C)=C\[C@H]4C[C@@H](C)C(=O)O4)C[C@H](C(C)=O)[C@]23C)[C@@]1(C)CCC(=O)O. The van der Waals surface area contributed by atoms with E-state index in [1.807, 2.05) is 33.8 Å². The first-order valence-corrected chi connectivity index (χ1v) is 14.3. The maximum atomic E-state index is 14.5. The van der Waals surface area contributed by atoms with E-state index >= 15 is 0 Å². The molecule has 7 nitrogen and oxygen atoms in total. The lowest BCUT2D eigenvalue weighted by Gasteiger charge is -2.58. The summed E-state index contributed by atoms with van der Waals surface area (Å²) in [6, 6.07) is 0. The molecule has 0 radical (unpaired) electrons. The van der Waals surface area contributed by atoms with Gasteiger partial charge in [-0.15, -0.1) is 0 Å². The van der Waals surface area contributed by atoms with Crippen molar-refractivity contribution in [1.29, 1.82) is 0 Å². The second kappa shape index (κ2) is 8.73. The molecule has 1 N–H and O–H groups in total. The van der Waals surface area contributed by atoms with Gasteiger partial charge < -0.3 is 14.6 Å². The second-order valence-corrected chi connectivity index (χ2v) is 13.6. The van der Waals surface area contributed by atoms with Gasteiger partial charge in [0.15, 0.2) is 5.78 Å². The summed E-state index contributed by atoms with van der Waals surface area (Å²) in [5.74, 6) is -1.93. The summed E-state index contributed by atoms with van der Waals surface area (Å²) in [4.78, 5) is 51.6. The Labute approximate surface area is 231 Å². The highest BCUT2D eigenvalue weighted by Gasteiger charge is 2.85. The Morgan fingerprint density at radius 1 is 1.08 bits per heavy atom. The number of Topliss-reactive ketones (excluding diaryl/α,β-unsaturated/α-hetero) is 1. The summed E-state index contributed by atoms with van der Waals surface area (Å²) in [5, 5.41) is 9.59. The number of hydrogen-bond donors (Lipinski definition) is 1. The number of ketones is 2. The van der Waals surface area contributed by atoms with Crippen LogP contribution in [0, 0.1) is 39.9 Å². The molecule has 0 bridgehead atoms. The molecule has 4 fully saturated rings. The molecule has 212 valence electrons. The lowest BCUT2D eigenvalue weighted by molar-refractivity contribution is -0.144. The minimum atomic E-state index is -0.917. The predicted molar refractivity (Wildman–Crippen MR) is 145 cm³/mol. The molecule has 0 aromatic carbocycles. The zero-order chi connectivity index (χ0) is 28.9. The Bertz CT molecular complexity index is 1240. The van der Waals surface area contributed by atoms with Crippen molar-refractivity contribution < 1.29 is 33.8 Å². The molecule has 3 aliphatic carbocycles. The molecule has 10 atom stereocenters. The summed E-state index contributed by atoms with van der Waals surface area (Å²) in [6.45, 7) is 17.8. The van der Waals surface area contributed by atoms with Crippen LogP contribution in [0.25, 0.3) is 0 Å². The van der Waals surface area contributed by atoms with Gasteiger partial charge in [0.2, 0.25) is 0 Å². The average Bonchev–Trinajstić information content (AvgIpc) is 3.40. The number of cyclic esters (lactones) is 1. The molecule has 2 aliphatic heterocycles. The molecule has 0 aromatic heterocycles. The molecule has 0 unspecified atom stereocenters. The molecule has 5 aliphatic rings. The molecule has 39 heavy (non-hydrogen) atoms. The Morgan fingerprint density at radius 2 is 1.74 bits per heavy atom. The van der Waals surface area contributed by atoms with Crippen molar-refractivity contribution in [1.82, 2.24) is 0 Å². The lowest BCUT2D eigenvalue weighted by Crippen LogP contribution is -2.63. The van der Waals surface area contributed by atoms with Gasteiger partial charge in [-0.3, -0.25) is 19.2 Å². The lowest BCUT2D eigenvalue weighted by atomic mass is 9.42. The Balaban J connectivity index is 1.66. The summed E-state index contributed by atoms with van der Waals surface area (Å²) < 4.78 is 12.3. The van der Waals surface area contributed by atoms with Crippen LogP contribution in [-0.2, 0) is 28.7 Å². The molecule has 7 heteroatoms. The third-order valence-electron chi connectivity index (χ3n) is 11.7. The van der Waals surface area contributed by atoms with Gasteiger partial charge in [0, 0.05) is 29.6 Å². The first-order valence-electron chi connectivity index (χ1n) is 14.3. The predicted octanol–water partition coefficient (Wildman–Crippen LogP) is 5.24. The quantitative estimate of drug-likeness (QED) is 0.268. The van der Waals surface area contributed by atoms with Crippen LogP contribution in [-0.4, -0.2) is 46.4 Å². The Kier molecular flexibility index (Phi) is 6.27. The second-order valence-electron chi connectivity index (χ2n) is 13.6. The third kappa shape index (κ3) is 3.50. The molecule has 0 amide bonds. The summed E-state index contributed by atoms with van der Waals surface area (Å²) in [7, 11) is 0. The fourth-order valence-corrected chi connectivity index (χ4v) is 9.42. The Morgan fingerprint density at radius 3 is 2.28 bits per heavy atom. The van der Waals surface area contributed by atoms with E-state index in [2.05, 4.69) is 20.4 Å². The number of carbonyl (C=O) groups excluding carboxylic acids is 3. The number of carboxylic acids is 1. The summed E-state index contributed by atoms with van der Waals surface area (Å²) in [6.07, 6.45) is 5.36. The van der Waals surface area contributed by atoms with E-state index < -0.39 is 33.7 Å². The molecular weight excluding hydrogens is 496 g/mol. The van der Waals surface area contributed by atoms with Crippen molar-refractivity contribution >= 4 is 23.5 Å². The van der Waals surface area contributed by atoms with Crippen molar-refractivity contribution in [2.24, 2.45) is 39.9 Å². The number of aliphatic carboxylic acids is 1. The number of fused-ring (bicyclic) bond motifs is 1. The van der Waals surface area contributed by atoms with Gasteiger partial charge in [0.05, 0.1) is 12.0 Å². The number of allylic oxidation sites excluding steroid dienone is 3.